The number of hydrogen-bond acceptors (Lipinski definition) is 9. The van der Waals surface area contributed by atoms with Crippen LogP contribution in [0.5, 0.6) is 11.5 Å². The van der Waals surface area contributed by atoms with Gasteiger partial charge in [-0.3, -0.25) is 14.4 Å². The molecular formula is C24H36N6O6. The fourth-order valence-corrected chi connectivity index (χ4v) is 3.49. The molecule has 0 saturated carbocycles. The summed E-state index contributed by atoms with van der Waals surface area (Å²) in [6.07, 6.45) is 0.995. The van der Waals surface area contributed by atoms with E-state index in [2.05, 4.69) is 20.7 Å². The molecule has 12 nitrogen and oxygen atoms in total. The van der Waals surface area contributed by atoms with Crippen LogP contribution in [0.15, 0.2) is 18.2 Å². The second kappa shape index (κ2) is 12.8. The number of aromatic nitrogens is 4. The molecule has 0 aliphatic carbocycles. The number of amides is 2. The third-order valence-corrected chi connectivity index (χ3v) is 5.04. The Labute approximate surface area is 211 Å². The predicted molar refractivity (Wildman–Crippen MR) is 131 cm³/mol. The monoisotopic (exact) mass is 504 g/mol. The minimum absolute atomic E-state index is 0.160. The maximum absolute atomic E-state index is 13.3. The van der Waals surface area contributed by atoms with Crippen molar-refractivity contribution < 1.29 is 28.6 Å². The summed E-state index contributed by atoms with van der Waals surface area (Å²) in [6.45, 7) is 8.59. The topological polar surface area (TPSA) is 138 Å². The molecule has 2 amide bonds. The zero-order chi connectivity index (χ0) is 26.9. The molecule has 1 atom stereocenters. The minimum Gasteiger partial charge on any atom is -0.493 e. The highest BCUT2D eigenvalue weighted by molar-refractivity contribution is 5.90. The number of rotatable bonds is 12. The molecule has 1 heterocycles. The Hall–Kier alpha value is -3.70. The van der Waals surface area contributed by atoms with Gasteiger partial charge in [0.25, 0.3) is 0 Å². The number of nitrogens with one attached hydrogen (secondary N) is 1. The molecule has 12 heteroatoms. The summed E-state index contributed by atoms with van der Waals surface area (Å²) in [4.78, 5) is 41.1. The lowest BCUT2D eigenvalue weighted by molar-refractivity contribution is -0.153. The third-order valence-electron chi connectivity index (χ3n) is 5.04. The van der Waals surface area contributed by atoms with E-state index in [4.69, 9.17) is 14.2 Å². The van der Waals surface area contributed by atoms with E-state index < -0.39 is 23.5 Å². The molecule has 1 aromatic carbocycles. The first-order valence-electron chi connectivity index (χ1n) is 11.8. The van der Waals surface area contributed by atoms with Gasteiger partial charge in [-0.2, -0.15) is 4.80 Å². The molecule has 2 aromatic rings. The van der Waals surface area contributed by atoms with Crippen LogP contribution in [0.2, 0.25) is 0 Å². The Bertz CT molecular complexity index is 1050. The minimum atomic E-state index is -0.861. The Kier molecular flexibility index (Phi) is 10.2. The van der Waals surface area contributed by atoms with Crippen molar-refractivity contribution in [2.75, 3.05) is 27.4 Å². The molecule has 1 unspecified atom stereocenters. The second-order valence-corrected chi connectivity index (χ2v) is 9.08. The molecule has 0 bridgehead atoms. The second-order valence-electron chi connectivity index (χ2n) is 9.08. The van der Waals surface area contributed by atoms with Crippen molar-refractivity contribution in [1.29, 1.82) is 0 Å². The van der Waals surface area contributed by atoms with Gasteiger partial charge in [0.2, 0.25) is 17.6 Å². The van der Waals surface area contributed by atoms with Gasteiger partial charge < -0.3 is 24.4 Å². The van der Waals surface area contributed by atoms with E-state index in [1.54, 1.807) is 25.1 Å². The van der Waals surface area contributed by atoms with Crippen LogP contribution >= 0.6 is 0 Å². The van der Waals surface area contributed by atoms with Crippen molar-refractivity contribution in [2.45, 2.75) is 65.6 Å². The van der Waals surface area contributed by atoms with Crippen LogP contribution in [0.3, 0.4) is 0 Å². The van der Waals surface area contributed by atoms with E-state index in [-0.39, 0.29) is 31.4 Å². The normalized spacial score (nSPS) is 12.0. The number of tetrazole rings is 1. The van der Waals surface area contributed by atoms with E-state index in [1.807, 2.05) is 27.7 Å². The SMILES string of the molecule is CCCC(C(=O)NC(C)(C)C)N(CC(=O)OCC)C(=O)Cn1nnc(-c2ccc(OC)c(OC)c2)n1. The van der Waals surface area contributed by atoms with Crippen LogP contribution in [0.1, 0.15) is 47.5 Å². The van der Waals surface area contributed by atoms with Crippen LogP contribution in [0.25, 0.3) is 11.4 Å². The number of carbonyl (C=O) groups excluding carboxylic acids is 3. The Morgan fingerprint density at radius 3 is 2.39 bits per heavy atom. The average molecular weight is 505 g/mol. The fraction of sp³-hybridized carbons (Fsp3) is 0.583. The van der Waals surface area contributed by atoms with E-state index in [0.717, 1.165) is 4.80 Å². The van der Waals surface area contributed by atoms with Gasteiger partial charge in [0.15, 0.2) is 11.5 Å². The van der Waals surface area contributed by atoms with Gasteiger partial charge in [0, 0.05) is 11.1 Å². The quantitative estimate of drug-likeness (QED) is 0.429. The summed E-state index contributed by atoms with van der Waals surface area (Å²) in [5, 5.41) is 15.2. The first-order chi connectivity index (χ1) is 17.0. The van der Waals surface area contributed by atoms with Gasteiger partial charge in [-0.05, 0) is 57.5 Å². The van der Waals surface area contributed by atoms with Gasteiger partial charge in [-0.15, -0.1) is 10.2 Å². The van der Waals surface area contributed by atoms with Crippen molar-refractivity contribution in [1.82, 2.24) is 30.4 Å². The number of benzene rings is 1. The fourth-order valence-electron chi connectivity index (χ4n) is 3.49. The summed E-state index contributed by atoms with van der Waals surface area (Å²) >= 11 is 0. The van der Waals surface area contributed by atoms with Crippen LogP contribution in [-0.2, 0) is 25.7 Å². The van der Waals surface area contributed by atoms with Crippen molar-refractivity contribution in [2.24, 2.45) is 0 Å². The number of hydrogen-bond donors (Lipinski definition) is 1. The number of nitrogens with zero attached hydrogens (tertiary/aromatic N) is 5. The first-order valence-corrected chi connectivity index (χ1v) is 11.8. The molecular weight excluding hydrogens is 468 g/mol. The van der Waals surface area contributed by atoms with Crippen LogP contribution in [0.4, 0.5) is 0 Å². The highest BCUT2D eigenvalue weighted by atomic mass is 16.5. The summed E-state index contributed by atoms with van der Waals surface area (Å²) < 4.78 is 15.6. The van der Waals surface area contributed by atoms with E-state index in [0.29, 0.717) is 29.9 Å². The maximum Gasteiger partial charge on any atom is 0.325 e. The molecule has 2 rings (SSSR count). The van der Waals surface area contributed by atoms with Gasteiger partial charge in [0.05, 0.1) is 20.8 Å². The molecule has 0 saturated heterocycles. The Morgan fingerprint density at radius 1 is 1.11 bits per heavy atom. The van der Waals surface area contributed by atoms with E-state index >= 15 is 0 Å². The molecule has 0 aliphatic heterocycles. The highest BCUT2D eigenvalue weighted by Crippen LogP contribution is 2.30. The summed E-state index contributed by atoms with van der Waals surface area (Å²) in [5.74, 6) is -0.144. The van der Waals surface area contributed by atoms with Crippen LogP contribution in [0, 0.1) is 0 Å². The largest absolute Gasteiger partial charge is 0.493 e. The summed E-state index contributed by atoms with van der Waals surface area (Å²) in [5.41, 5.74) is 0.104. The van der Waals surface area contributed by atoms with Gasteiger partial charge >= 0.3 is 5.97 Å². The Balaban J connectivity index is 2.30. The molecule has 0 spiro atoms. The first kappa shape index (κ1) is 28.5. The van der Waals surface area contributed by atoms with Crippen molar-refractivity contribution in [3.05, 3.63) is 18.2 Å². The van der Waals surface area contributed by atoms with Crippen LogP contribution in [-0.4, -0.2) is 81.8 Å². The predicted octanol–water partition coefficient (Wildman–Crippen LogP) is 1.83. The molecule has 0 fully saturated rings. The number of esters is 1. The highest BCUT2D eigenvalue weighted by Gasteiger charge is 2.33. The molecule has 36 heavy (non-hydrogen) atoms. The van der Waals surface area contributed by atoms with Gasteiger partial charge in [0.1, 0.15) is 19.1 Å². The molecule has 0 radical (unpaired) electrons. The molecule has 198 valence electrons. The summed E-state index contributed by atoms with van der Waals surface area (Å²) in [7, 11) is 3.05. The summed E-state index contributed by atoms with van der Waals surface area (Å²) in [6, 6.07) is 4.29. The lowest BCUT2D eigenvalue weighted by atomic mass is 10.0. The molecule has 1 N–H and O–H groups in total. The molecule has 0 aliphatic rings. The van der Waals surface area contributed by atoms with Crippen molar-refractivity contribution in [3.63, 3.8) is 0 Å². The lowest BCUT2D eigenvalue weighted by Gasteiger charge is -2.32. The third kappa shape index (κ3) is 7.92. The smallest absolute Gasteiger partial charge is 0.325 e. The zero-order valence-corrected chi connectivity index (χ0v) is 22.0. The number of methoxy groups -OCH3 is 2. The molecule has 1 aromatic heterocycles. The number of carbonyl (C=O) groups is 3. The van der Waals surface area contributed by atoms with E-state index in [1.165, 1.54) is 19.1 Å². The van der Waals surface area contributed by atoms with Crippen LogP contribution < -0.4 is 14.8 Å². The average Bonchev–Trinajstić information content (AvgIpc) is 3.28. The van der Waals surface area contributed by atoms with Crippen molar-refractivity contribution >= 4 is 17.8 Å². The van der Waals surface area contributed by atoms with E-state index in [9.17, 15) is 14.4 Å². The van der Waals surface area contributed by atoms with Gasteiger partial charge in [-0.1, -0.05) is 13.3 Å². The maximum atomic E-state index is 13.3. The van der Waals surface area contributed by atoms with Gasteiger partial charge in [-0.25, -0.2) is 0 Å². The standard InChI is InChI=1S/C24H36N6O6/c1-8-10-17(23(33)25-24(3,4)5)29(15-21(32)36-9-2)20(31)14-30-27-22(26-28-30)16-11-12-18(34-6)19(13-16)35-7/h11-13,17H,8-10,14-15H2,1-7H3,(H,25,33). The van der Waals surface area contributed by atoms with Crippen molar-refractivity contribution in [3.8, 4) is 22.9 Å². The number of ether oxygens (including phenoxy) is 3. The lowest BCUT2D eigenvalue weighted by Crippen LogP contribution is -2.55. The Morgan fingerprint density at radius 2 is 1.81 bits per heavy atom. The zero-order valence-electron chi connectivity index (χ0n) is 22.0.